The molecule has 0 amide bonds. The number of hydrazone groups is 1. The molecule has 0 aromatic heterocycles. The summed E-state index contributed by atoms with van der Waals surface area (Å²) in [6, 6.07) is 7.41. The van der Waals surface area contributed by atoms with Crippen LogP contribution in [0.4, 0.5) is 18.9 Å². The summed E-state index contributed by atoms with van der Waals surface area (Å²) in [5.41, 5.74) is 2.44. The summed E-state index contributed by atoms with van der Waals surface area (Å²) < 4.78 is 38.1. The lowest BCUT2D eigenvalue weighted by Gasteiger charge is -2.11. The van der Waals surface area contributed by atoms with Gasteiger partial charge in [-0.15, -0.1) is 0 Å². The summed E-state index contributed by atoms with van der Waals surface area (Å²) in [4.78, 5) is 0. The Balaban J connectivity index is 2.10. The Hall–Kier alpha value is -2.03. The Morgan fingerprint density at radius 1 is 1.19 bits per heavy atom. The van der Waals surface area contributed by atoms with E-state index in [-0.39, 0.29) is 27.1 Å². The molecule has 0 unspecified atom stereocenters. The molecule has 0 spiro atoms. The Labute approximate surface area is 162 Å². The van der Waals surface area contributed by atoms with Crippen molar-refractivity contribution < 1.29 is 18.3 Å². The minimum absolute atomic E-state index is 0.0312. The van der Waals surface area contributed by atoms with E-state index in [1.165, 1.54) is 24.3 Å². The van der Waals surface area contributed by atoms with E-state index in [4.69, 9.17) is 35.4 Å². The third kappa shape index (κ3) is 5.23. The van der Waals surface area contributed by atoms with Crippen LogP contribution in [0.2, 0.25) is 10.0 Å². The second-order valence-corrected chi connectivity index (χ2v) is 6.38. The molecule has 0 saturated carbocycles. The Morgan fingerprint density at radius 2 is 1.88 bits per heavy atom. The fourth-order valence-electron chi connectivity index (χ4n) is 1.97. The second kappa shape index (κ2) is 8.11. The second-order valence-electron chi connectivity index (χ2n) is 5.13. The van der Waals surface area contributed by atoms with Gasteiger partial charge in [-0.05, 0) is 49.5 Å². The van der Waals surface area contributed by atoms with Gasteiger partial charge in [0, 0.05) is 16.3 Å². The highest BCUT2D eigenvalue weighted by Crippen LogP contribution is 2.32. The molecule has 0 bridgehead atoms. The number of alkyl halides is 3. The number of aromatic hydroxyl groups is 1. The van der Waals surface area contributed by atoms with Gasteiger partial charge in [-0.3, -0.25) is 5.43 Å². The highest BCUT2D eigenvalue weighted by molar-refractivity contribution is 7.80. The van der Waals surface area contributed by atoms with Gasteiger partial charge in [-0.1, -0.05) is 29.3 Å². The van der Waals surface area contributed by atoms with Crippen LogP contribution in [-0.4, -0.2) is 15.9 Å². The largest absolute Gasteiger partial charge is 0.506 e. The van der Waals surface area contributed by atoms with Gasteiger partial charge in [0.05, 0.1) is 16.3 Å². The van der Waals surface area contributed by atoms with Crippen molar-refractivity contribution in [3.63, 3.8) is 0 Å². The summed E-state index contributed by atoms with van der Waals surface area (Å²) in [5.74, 6) is -0.198. The molecular weight excluding hydrogens is 410 g/mol. The maximum atomic E-state index is 12.7. The molecule has 4 nitrogen and oxygen atoms in total. The number of halogens is 5. The third-order valence-electron chi connectivity index (χ3n) is 3.19. The fraction of sp³-hybridized carbons (Fsp3) is 0.125. The monoisotopic (exact) mass is 421 g/mol. The number of hydrogen-bond donors (Lipinski definition) is 3. The van der Waals surface area contributed by atoms with E-state index in [0.717, 1.165) is 12.1 Å². The lowest BCUT2D eigenvalue weighted by molar-refractivity contribution is -0.137. The van der Waals surface area contributed by atoms with Crippen molar-refractivity contribution in [1.29, 1.82) is 0 Å². The molecule has 0 fully saturated rings. The van der Waals surface area contributed by atoms with Gasteiger partial charge in [0.1, 0.15) is 5.75 Å². The molecule has 2 aromatic rings. The first-order chi connectivity index (χ1) is 12.1. The molecule has 0 atom stereocenters. The normalized spacial score (nSPS) is 12.0. The van der Waals surface area contributed by atoms with Gasteiger partial charge in [-0.2, -0.15) is 18.3 Å². The maximum Gasteiger partial charge on any atom is 0.416 e. The topological polar surface area (TPSA) is 56.7 Å². The number of thiocarbonyl (C=S) groups is 1. The lowest BCUT2D eigenvalue weighted by atomic mass is 10.1. The van der Waals surface area contributed by atoms with Crippen LogP contribution >= 0.6 is 35.4 Å². The molecule has 0 aliphatic heterocycles. The molecule has 0 aliphatic rings. The zero-order valence-corrected chi connectivity index (χ0v) is 15.5. The Morgan fingerprint density at radius 3 is 2.54 bits per heavy atom. The molecule has 0 heterocycles. The Bertz CT molecular complexity index is 872. The first-order valence-corrected chi connectivity index (χ1v) is 8.21. The van der Waals surface area contributed by atoms with Crippen LogP contribution < -0.4 is 10.7 Å². The number of rotatable bonds is 3. The molecule has 138 valence electrons. The first-order valence-electron chi connectivity index (χ1n) is 7.05. The van der Waals surface area contributed by atoms with Crippen LogP contribution in [0.5, 0.6) is 5.75 Å². The van der Waals surface area contributed by atoms with Gasteiger partial charge in [0.15, 0.2) is 5.11 Å². The van der Waals surface area contributed by atoms with Crippen molar-refractivity contribution >= 4 is 51.9 Å². The molecular formula is C16H12Cl2F3N3OS. The predicted molar refractivity (Wildman–Crippen MR) is 101 cm³/mol. The highest BCUT2D eigenvalue weighted by atomic mass is 35.5. The van der Waals surface area contributed by atoms with Crippen LogP contribution in [-0.2, 0) is 6.18 Å². The van der Waals surface area contributed by atoms with Crippen LogP contribution in [0.1, 0.15) is 18.1 Å². The van der Waals surface area contributed by atoms with E-state index in [0.29, 0.717) is 10.7 Å². The van der Waals surface area contributed by atoms with E-state index in [2.05, 4.69) is 15.8 Å². The van der Waals surface area contributed by atoms with Crippen molar-refractivity contribution in [2.24, 2.45) is 5.10 Å². The van der Waals surface area contributed by atoms with Gasteiger partial charge in [-0.25, -0.2) is 0 Å². The standard InChI is InChI=1S/C16H12Cl2F3N3OS/c1-8(12-6-10(17)7-13(18)14(12)25)23-24-15(26)22-11-4-2-3-9(5-11)16(19,20)21/h2-7,25H,1H3,(H2,22,24,26)/b23-8+. The van der Waals surface area contributed by atoms with Crippen LogP contribution in [0.15, 0.2) is 41.5 Å². The zero-order chi connectivity index (χ0) is 19.5. The van der Waals surface area contributed by atoms with Gasteiger partial charge in [0.2, 0.25) is 0 Å². The number of anilines is 1. The molecule has 0 aliphatic carbocycles. The summed E-state index contributed by atoms with van der Waals surface area (Å²) in [6.45, 7) is 1.57. The Kier molecular flexibility index (Phi) is 6.33. The minimum atomic E-state index is -4.45. The SMILES string of the molecule is C/C(=N\NC(=S)Nc1cccc(C(F)(F)F)c1)c1cc(Cl)cc(Cl)c1O. The average molecular weight is 422 g/mol. The fourth-order valence-corrected chi connectivity index (χ4v) is 2.63. The smallest absolute Gasteiger partial charge is 0.416 e. The summed E-state index contributed by atoms with van der Waals surface area (Å²) in [6.07, 6.45) is -4.45. The van der Waals surface area contributed by atoms with Gasteiger partial charge < -0.3 is 10.4 Å². The molecule has 26 heavy (non-hydrogen) atoms. The van der Waals surface area contributed by atoms with Crippen LogP contribution in [0.3, 0.4) is 0 Å². The zero-order valence-electron chi connectivity index (χ0n) is 13.2. The number of nitrogens with zero attached hydrogens (tertiary/aromatic N) is 1. The van der Waals surface area contributed by atoms with Crippen molar-refractivity contribution in [2.45, 2.75) is 13.1 Å². The van der Waals surface area contributed by atoms with Gasteiger partial charge in [0.25, 0.3) is 0 Å². The number of hydrogen-bond acceptors (Lipinski definition) is 3. The van der Waals surface area contributed by atoms with Crippen LogP contribution in [0, 0.1) is 0 Å². The lowest BCUT2D eigenvalue weighted by Crippen LogP contribution is -2.25. The van der Waals surface area contributed by atoms with E-state index >= 15 is 0 Å². The predicted octanol–water partition coefficient (Wildman–Crippen LogP) is 5.43. The number of nitrogens with one attached hydrogen (secondary N) is 2. The number of phenols is 1. The molecule has 0 radical (unpaired) electrons. The van der Waals surface area contributed by atoms with E-state index < -0.39 is 11.7 Å². The number of benzene rings is 2. The molecule has 3 N–H and O–H groups in total. The first kappa shape index (κ1) is 20.3. The molecule has 2 rings (SSSR count). The average Bonchev–Trinajstić information content (AvgIpc) is 2.55. The number of phenolic OH excluding ortho intramolecular Hbond substituents is 1. The summed E-state index contributed by atoms with van der Waals surface area (Å²) in [7, 11) is 0. The van der Waals surface area contributed by atoms with E-state index in [9.17, 15) is 18.3 Å². The van der Waals surface area contributed by atoms with Crippen LogP contribution in [0.25, 0.3) is 0 Å². The van der Waals surface area contributed by atoms with E-state index in [1.807, 2.05) is 0 Å². The highest BCUT2D eigenvalue weighted by Gasteiger charge is 2.30. The van der Waals surface area contributed by atoms with Crippen molar-refractivity contribution in [2.75, 3.05) is 5.32 Å². The van der Waals surface area contributed by atoms with Crippen molar-refractivity contribution in [1.82, 2.24) is 5.43 Å². The molecule has 10 heteroatoms. The van der Waals surface area contributed by atoms with Crippen molar-refractivity contribution in [3.8, 4) is 5.75 Å². The third-order valence-corrected chi connectivity index (χ3v) is 3.89. The van der Waals surface area contributed by atoms with Crippen molar-refractivity contribution in [3.05, 3.63) is 57.6 Å². The van der Waals surface area contributed by atoms with E-state index in [1.54, 1.807) is 6.92 Å². The summed E-state index contributed by atoms with van der Waals surface area (Å²) >= 11 is 16.7. The van der Waals surface area contributed by atoms with Gasteiger partial charge >= 0.3 is 6.18 Å². The summed E-state index contributed by atoms with van der Waals surface area (Å²) in [5, 5.41) is 16.8. The maximum absolute atomic E-state index is 12.7. The molecule has 2 aromatic carbocycles. The quantitative estimate of drug-likeness (QED) is 0.351. The molecule has 0 saturated heterocycles. The minimum Gasteiger partial charge on any atom is -0.506 e.